The Hall–Kier alpha value is -1.65. The molecule has 20 heavy (non-hydrogen) atoms. The summed E-state index contributed by atoms with van der Waals surface area (Å²) in [5.74, 6) is 1.64. The number of hydrogen-bond donors (Lipinski definition) is 1. The molecule has 0 radical (unpaired) electrons. The van der Waals surface area contributed by atoms with Crippen LogP contribution < -0.4 is 15.2 Å². The fourth-order valence-corrected chi connectivity index (χ4v) is 3.15. The van der Waals surface area contributed by atoms with E-state index in [9.17, 15) is 0 Å². The molecule has 0 fully saturated rings. The van der Waals surface area contributed by atoms with Gasteiger partial charge in [-0.1, -0.05) is 29.5 Å². The molecule has 0 bridgehead atoms. The van der Waals surface area contributed by atoms with Gasteiger partial charge in [-0.25, -0.2) is 0 Å². The Morgan fingerprint density at radius 2 is 1.85 bits per heavy atom. The average Bonchev–Trinajstić information content (AvgIpc) is 2.49. The molecule has 1 heterocycles. The second kappa shape index (κ2) is 5.77. The van der Waals surface area contributed by atoms with E-state index in [0.717, 1.165) is 16.4 Å². The maximum Gasteiger partial charge on any atom is 0.162 e. The number of benzene rings is 2. The molecule has 4 heteroatoms. The van der Waals surface area contributed by atoms with E-state index < -0.39 is 0 Å². The lowest BCUT2D eigenvalue weighted by Gasteiger charge is -2.19. The predicted octanol–water partition coefficient (Wildman–Crippen LogP) is 3.38. The van der Waals surface area contributed by atoms with E-state index in [4.69, 9.17) is 15.2 Å². The molecular formula is C16H17NO2S. The van der Waals surface area contributed by atoms with Gasteiger partial charge in [-0.2, -0.15) is 0 Å². The lowest BCUT2D eigenvalue weighted by atomic mass is 10.1. The van der Waals surface area contributed by atoms with Crippen LogP contribution in [0.4, 0.5) is 0 Å². The van der Waals surface area contributed by atoms with Gasteiger partial charge in [0.2, 0.25) is 0 Å². The van der Waals surface area contributed by atoms with Crippen LogP contribution in [0.5, 0.6) is 11.5 Å². The zero-order chi connectivity index (χ0) is 13.9. The highest BCUT2D eigenvalue weighted by atomic mass is 32.2. The van der Waals surface area contributed by atoms with Crippen molar-refractivity contribution in [3.05, 3.63) is 47.5 Å². The number of ether oxygens (including phenoxy) is 2. The van der Waals surface area contributed by atoms with Gasteiger partial charge in [0.15, 0.2) is 11.5 Å². The molecule has 0 spiro atoms. The van der Waals surface area contributed by atoms with Crippen molar-refractivity contribution in [2.24, 2.45) is 5.73 Å². The molecule has 1 aliphatic heterocycles. The number of fused-ring (bicyclic) bond motifs is 1. The summed E-state index contributed by atoms with van der Waals surface area (Å²) in [5, 5.41) is 0. The summed E-state index contributed by atoms with van der Waals surface area (Å²) in [6.45, 7) is 3.86. The summed E-state index contributed by atoms with van der Waals surface area (Å²) in [7, 11) is 0. The first-order valence-corrected chi connectivity index (χ1v) is 7.45. The SMILES string of the molecule is Cc1ccc(Sc2ccc3c(c2)OCCO3)c(CN)c1. The minimum atomic E-state index is 0.550. The van der Waals surface area contributed by atoms with E-state index in [1.165, 1.54) is 16.0 Å². The van der Waals surface area contributed by atoms with Gasteiger partial charge in [-0.05, 0) is 36.8 Å². The maximum atomic E-state index is 5.83. The van der Waals surface area contributed by atoms with Gasteiger partial charge in [-0.15, -0.1) is 0 Å². The summed E-state index contributed by atoms with van der Waals surface area (Å²) in [4.78, 5) is 2.32. The van der Waals surface area contributed by atoms with Crippen LogP contribution in [0.3, 0.4) is 0 Å². The van der Waals surface area contributed by atoms with Crippen LogP contribution in [0.2, 0.25) is 0 Å². The molecule has 2 aromatic rings. The molecule has 0 atom stereocenters. The van der Waals surface area contributed by atoms with Gasteiger partial charge in [0, 0.05) is 16.3 Å². The number of rotatable bonds is 3. The smallest absolute Gasteiger partial charge is 0.162 e. The van der Waals surface area contributed by atoms with Crippen molar-refractivity contribution in [3.63, 3.8) is 0 Å². The van der Waals surface area contributed by atoms with E-state index in [0.29, 0.717) is 19.8 Å². The van der Waals surface area contributed by atoms with Crippen molar-refractivity contribution in [2.75, 3.05) is 13.2 Å². The zero-order valence-electron chi connectivity index (χ0n) is 11.4. The van der Waals surface area contributed by atoms with Gasteiger partial charge in [0.1, 0.15) is 13.2 Å². The fraction of sp³-hybridized carbons (Fsp3) is 0.250. The Labute approximate surface area is 123 Å². The Balaban J connectivity index is 1.87. The van der Waals surface area contributed by atoms with Gasteiger partial charge in [0.05, 0.1) is 0 Å². The summed E-state index contributed by atoms with van der Waals surface area (Å²) >= 11 is 1.70. The second-order valence-electron chi connectivity index (χ2n) is 4.72. The molecule has 2 N–H and O–H groups in total. The highest BCUT2D eigenvalue weighted by Gasteiger charge is 2.12. The van der Waals surface area contributed by atoms with E-state index in [1.54, 1.807) is 11.8 Å². The molecule has 1 aliphatic rings. The normalized spacial score (nSPS) is 13.3. The van der Waals surface area contributed by atoms with E-state index in [1.807, 2.05) is 12.1 Å². The molecule has 2 aromatic carbocycles. The summed E-state index contributed by atoms with van der Waals surface area (Å²) in [5.41, 5.74) is 8.23. The fourth-order valence-electron chi connectivity index (χ4n) is 2.18. The Kier molecular flexibility index (Phi) is 3.85. The van der Waals surface area contributed by atoms with Gasteiger partial charge < -0.3 is 15.2 Å². The van der Waals surface area contributed by atoms with Crippen LogP contribution in [0.25, 0.3) is 0 Å². The largest absolute Gasteiger partial charge is 0.486 e. The second-order valence-corrected chi connectivity index (χ2v) is 5.84. The Morgan fingerprint density at radius 1 is 1.05 bits per heavy atom. The van der Waals surface area contributed by atoms with Crippen molar-refractivity contribution in [3.8, 4) is 11.5 Å². The third kappa shape index (κ3) is 2.76. The van der Waals surface area contributed by atoms with E-state index in [-0.39, 0.29) is 0 Å². The van der Waals surface area contributed by atoms with Crippen molar-refractivity contribution in [1.82, 2.24) is 0 Å². The molecule has 0 saturated carbocycles. The Bertz CT molecular complexity index is 628. The minimum Gasteiger partial charge on any atom is -0.486 e. The molecule has 0 aromatic heterocycles. The first-order valence-electron chi connectivity index (χ1n) is 6.63. The van der Waals surface area contributed by atoms with Crippen molar-refractivity contribution in [2.45, 2.75) is 23.3 Å². The summed E-state index contributed by atoms with van der Waals surface area (Å²) < 4.78 is 11.1. The van der Waals surface area contributed by atoms with Crippen LogP contribution in [-0.2, 0) is 6.54 Å². The van der Waals surface area contributed by atoms with Gasteiger partial charge >= 0.3 is 0 Å². The molecule has 0 unspecified atom stereocenters. The first kappa shape index (κ1) is 13.3. The van der Waals surface area contributed by atoms with Gasteiger partial charge in [0.25, 0.3) is 0 Å². The topological polar surface area (TPSA) is 44.5 Å². The van der Waals surface area contributed by atoms with Crippen LogP contribution in [0.15, 0.2) is 46.2 Å². The molecule has 3 rings (SSSR count). The van der Waals surface area contributed by atoms with Crippen molar-refractivity contribution in [1.29, 1.82) is 0 Å². The average molecular weight is 287 g/mol. The Morgan fingerprint density at radius 3 is 2.65 bits per heavy atom. The standard InChI is InChI=1S/C16H17NO2S/c1-11-2-5-16(12(8-11)10-17)20-13-3-4-14-15(9-13)19-7-6-18-14/h2-5,8-9H,6-7,10,17H2,1H3. The zero-order valence-corrected chi connectivity index (χ0v) is 12.2. The molecule has 0 saturated heterocycles. The highest BCUT2D eigenvalue weighted by Crippen LogP contribution is 2.37. The van der Waals surface area contributed by atoms with E-state index in [2.05, 4.69) is 31.2 Å². The molecule has 104 valence electrons. The number of aryl methyl sites for hydroxylation is 1. The lowest BCUT2D eigenvalue weighted by molar-refractivity contribution is 0.171. The van der Waals surface area contributed by atoms with E-state index >= 15 is 0 Å². The van der Waals surface area contributed by atoms with Crippen LogP contribution in [-0.4, -0.2) is 13.2 Å². The molecule has 0 amide bonds. The van der Waals surface area contributed by atoms with Crippen LogP contribution in [0, 0.1) is 6.92 Å². The number of hydrogen-bond acceptors (Lipinski definition) is 4. The quantitative estimate of drug-likeness (QED) is 0.940. The third-order valence-electron chi connectivity index (χ3n) is 3.18. The monoisotopic (exact) mass is 287 g/mol. The molecule has 0 aliphatic carbocycles. The summed E-state index contributed by atoms with van der Waals surface area (Å²) in [6, 6.07) is 12.4. The van der Waals surface area contributed by atoms with Gasteiger partial charge in [-0.3, -0.25) is 0 Å². The first-order chi connectivity index (χ1) is 9.76. The third-order valence-corrected chi connectivity index (χ3v) is 4.29. The molecule has 3 nitrogen and oxygen atoms in total. The van der Waals surface area contributed by atoms with Crippen molar-refractivity contribution >= 4 is 11.8 Å². The van der Waals surface area contributed by atoms with Crippen LogP contribution >= 0.6 is 11.8 Å². The predicted molar refractivity (Wildman–Crippen MR) is 80.6 cm³/mol. The number of nitrogens with two attached hydrogens (primary N) is 1. The summed E-state index contributed by atoms with van der Waals surface area (Å²) in [6.07, 6.45) is 0. The highest BCUT2D eigenvalue weighted by molar-refractivity contribution is 7.99. The van der Waals surface area contributed by atoms with Crippen molar-refractivity contribution < 1.29 is 9.47 Å². The maximum absolute atomic E-state index is 5.83. The lowest BCUT2D eigenvalue weighted by Crippen LogP contribution is -2.15. The minimum absolute atomic E-state index is 0.550. The van der Waals surface area contributed by atoms with Crippen LogP contribution in [0.1, 0.15) is 11.1 Å². The molecular weight excluding hydrogens is 270 g/mol.